The van der Waals surface area contributed by atoms with Gasteiger partial charge in [0.1, 0.15) is 0 Å². The standard InChI is InChI=1S/C13H26N2O/c1-9(2)11(4)8-15-13(16)12-7-10(3)5-6-14-12/h9-12,14H,5-8H2,1-4H3,(H,15,16). The number of nitrogens with one attached hydrogen (secondary N) is 2. The molecule has 0 aliphatic carbocycles. The second-order valence-corrected chi connectivity index (χ2v) is 5.60. The van der Waals surface area contributed by atoms with Crippen molar-refractivity contribution >= 4 is 5.91 Å². The van der Waals surface area contributed by atoms with Crippen molar-refractivity contribution in [2.45, 2.75) is 46.6 Å². The van der Waals surface area contributed by atoms with Crippen LogP contribution in [0.25, 0.3) is 0 Å². The fourth-order valence-corrected chi connectivity index (χ4v) is 1.93. The van der Waals surface area contributed by atoms with E-state index in [0.717, 1.165) is 19.5 Å². The van der Waals surface area contributed by atoms with Gasteiger partial charge in [0.05, 0.1) is 6.04 Å². The quantitative estimate of drug-likeness (QED) is 0.767. The average Bonchev–Trinajstić information content (AvgIpc) is 2.25. The van der Waals surface area contributed by atoms with Gasteiger partial charge in [0, 0.05) is 6.54 Å². The zero-order valence-corrected chi connectivity index (χ0v) is 11.0. The lowest BCUT2D eigenvalue weighted by Gasteiger charge is -2.28. The molecule has 1 saturated heterocycles. The van der Waals surface area contributed by atoms with Gasteiger partial charge >= 0.3 is 0 Å². The second-order valence-electron chi connectivity index (χ2n) is 5.60. The number of piperidine rings is 1. The highest BCUT2D eigenvalue weighted by Crippen LogP contribution is 2.15. The lowest BCUT2D eigenvalue weighted by Crippen LogP contribution is -2.49. The van der Waals surface area contributed by atoms with Gasteiger partial charge in [-0.05, 0) is 37.1 Å². The Labute approximate surface area is 99.4 Å². The molecule has 0 bridgehead atoms. The van der Waals surface area contributed by atoms with Crippen LogP contribution in [0.4, 0.5) is 0 Å². The van der Waals surface area contributed by atoms with Gasteiger partial charge in [-0.25, -0.2) is 0 Å². The molecular formula is C13H26N2O. The Morgan fingerprint density at radius 2 is 2.12 bits per heavy atom. The SMILES string of the molecule is CC1CCNC(C(=O)NCC(C)C(C)C)C1. The largest absolute Gasteiger partial charge is 0.354 e. The highest BCUT2D eigenvalue weighted by Gasteiger charge is 2.24. The third kappa shape index (κ3) is 4.12. The Morgan fingerprint density at radius 3 is 2.69 bits per heavy atom. The summed E-state index contributed by atoms with van der Waals surface area (Å²) in [4.78, 5) is 11.9. The van der Waals surface area contributed by atoms with Crippen LogP contribution in [-0.2, 0) is 4.79 Å². The van der Waals surface area contributed by atoms with E-state index in [1.54, 1.807) is 0 Å². The Hall–Kier alpha value is -0.570. The maximum atomic E-state index is 11.9. The van der Waals surface area contributed by atoms with E-state index in [-0.39, 0.29) is 11.9 Å². The summed E-state index contributed by atoms with van der Waals surface area (Å²) in [5.74, 6) is 2.02. The zero-order chi connectivity index (χ0) is 12.1. The van der Waals surface area contributed by atoms with Crippen LogP contribution >= 0.6 is 0 Å². The van der Waals surface area contributed by atoms with Crippen LogP contribution in [-0.4, -0.2) is 25.0 Å². The first-order chi connectivity index (χ1) is 7.50. The van der Waals surface area contributed by atoms with Crippen LogP contribution in [0.5, 0.6) is 0 Å². The summed E-state index contributed by atoms with van der Waals surface area (Å²) in [6.45, 7) is 10.6. The number of carbonyl (C=O) groups is 1. The van der Waals surface area contributed by atoms with Gasteiger partial charge in [0.25, 0.3) is 0 Å². The molecule has 0 saturated carbocycles. The van der Waals surface area contributed by atoms with Gasteiger partial charge in [-0.15, -0.1) is 0 Å². The summed E-state index contributed by atoms with van der Waals surface area (Å²) in [5.41, 5.74) is 0. The molecule has 0 aromatic carbocycles. The monoisotopic (exact) mass is 226 g/mol. The summed E-state index contributed by atoms with van der Waals surface area (Å²) in [6.07, 6.45) is 2.16. The Bertz CT molecular complexity index is 228. The average molecular weight is 226 g/mol. The molecule has 3 nitrogen and oxygen atoms in total. The zero-order valence-electron chi connectivity index (χ0n) is 11.0. The van der Waals surface area contributed by atoms with Gasteiger partial charge in [0.15, 0.2) is 0 Å². The summed E-state index contributed by atoms with van der Waals surface area (Å²) in [5, 5.41) is 6.34. The predicted octanol–water partition coefficient (Wildman–Crippen LogP) is 1.78. The maximum Gasteiger partial charge on any atom is 0.237 e. The van der Waals surface area contributed by atoms with Crippen LogP contribution < -0.4 is 10.6 Å². The number of hydrogen-bond donors (Lipinski definition) is 2. The van der Waals surface area contributed by atoms with Crippen molar-refractivity contribution in [3.05, 3.63) is 0 Å². The topological polar surface area (TPSA) is 41.1 Å². The van der Waals surface area contributed by atoms with Gasteiger partial charge < -0.3 is 10.6 Å². The molecule has 1 rings (SSSR count). The molecule has 1 amide bonds. The first kappa shape index (κ1) is 13.5. The van der Waals surface area contributed by atoms with Gasteiger partial charge in [-0.3, -0.25) is 4.79 Å². The number of amides is 1. The van der Waals surface area contributed by atoms with Crippen LogP contribution in [0.3, 0.4) is 0 Å². The maximum absolute atomic E-state index is 11.9. The van der Waals surface area contributed by atoms with Crippen LogP contribution in [0.2, 0.25) is 0 Å². The van der Waals surface area contributed by atoms with Crippen LogP contribution in [0.15, 0.2) is 0 Å². The number of rotatable bonds is 4. The lowest BCUT2D eigenvalue weighted by molar-refractivity contribution is -0.124. The minimum Gasteiger partial charge on any atom is -0.354 e. The fraction of sp³-hybridized carbons (Fsp3) is 0.923. The van der Waals surface area contributed by atoms with Gasteiger partial charge in [0.2, 0.25) is 5.91 Å². The molecule has 0 spiro atoms. The van der Waals surface area contributed by atoms with E-state index < -0.39 is 0 Å². The minimum atomic E-state index is 0.0307. The molecule has 3 unspecified atom stereocenters. The first-order valence-electron chi connectivity index (χ1n) is 6.51. The molecule has 0 aromatic rings. The number of hydrogen-bond acceptors (Lipinski definition) is 2. The van der Waals surface area contributed by atoms with E-state index in [0.29, 0.717) is 17.8 Å². The van der Waals surface area contributed by atoms with E-state index in [2.05, 4.69) is 38.3 Å². The Balaban J connectivity index is 2.29. The third-order valence-corrected chi connectivity index (χ3v) is 3.72. The predicted molar refractivity (Wildman–Crippen MR) is 67.2 cm³/mol. The molecule has 1 heterocycles. The van der Waals surface area contributed by atoms with Crippen molar-refractivity contribution in [1.29, 1.82) is 0 Å². The molecule has 2 N–H and O–H groups in total. The van der Waals surface area contributed by atoms with Crippen molar-refractivity contribution in [3.8, 4) is 0 Å². The lowest BCUT2D eigenvalue weighted by atomic mass is 9.93. The summed E-state index contributed by atoms with van der Waals surface area (Å²) >= 11 is 0. The summed E-state index contributed by atoms with van der Waals surface area (Å²) in [6, 6.07) is 0.0307. The highest BCUT2D eigenvalue weighted by atomic mass is 16.2. The molecule has 3 heteroatoms. The Morgan fingerprint density at radius 1 is 1.44 bits per heavy atom. The van der Waals surface area contributed by atoms with Gasteiger partial charge in [-0.2, -0.15) is 0 Å². The van der Waals surface area contributed by atoms with Crippen molar-refractivity contribution in [2.24, 2.45) is 17.8 Å². The van der Waals surface area contributed by atoms with Crippen LogP contribution in [0.1, 0.15) is 40.5 Å². The summed E-state index contributed by atoms with van der Waals surface area (Å²) < 4.78 is 0. The number of carbonyl (C=O) groups excluding carboxylic acids is 1. The first-order valence-corrected chi connectivity index (χ1v) is 6.51. The van der Waals surface area contributed by atoms with E-state index in [1.165, 1.54) is 6.42 Å². The molecular weight excluding hydrogens is 200 g/mol. The molecule has 0 aromatic heterocycles. The van der Waals surface area contributed by atoms with E-state index in [9.17, 15) is 4.79 Å². The molecule has 1 aliphatic heterocycles. The van der Waals surface area contributed by atoms with Gasteiger partial charge in [-0.1, -0.05) is 27.7 Å². The van der Waals surface area contributed by atoms with Crippen LogP contribution in [0, 0.1) is 17.8 Å². The van der Waals surface area contributed by atoms with E-state index in [4.69, 9.17) is 0 Å². The minimum absolute atomic E-state index is 0.0307. The van der Waals surface area contributed by atoms with E-state index >= 15 is 0 Å². The molecule has 94 valence electrons. The van der Waals surface area contributed by atoms with Crippen molar-refractivity contribution < 1.29 is 4.79 Å². The molecule has 1 fully saturated rings. The smallest absolute Gasteiger partial charge is 0.237 e. The molecule has 1 aliphatic rings. The second kappa shape index (κ2) is 6.24. The van der Waals surface area contributed by atoms with E-state index in [1.807, 2.05) is 0 Å². The van der Waals surface area contributed by atoms with Crippen molar-refractivity contribution in [1.82, 2.24) is 10.6 Å². The molecule has 3 atom stereocenters. The summed E-state index contributed by atoms with van der Waals surface area (Å²) in [7, 11) is 0. The van der Waals surface area contributed by atoms with Crippen molar-refractivity contribution in [2.75, 3.05) is 13.1 Å². The normalized spacial score (nSPS) is 27.8. The Kier molecular flexibility index (Phi) is 5.26. The third-order valence-electron chi connectivity index (χ3n) is 3.72. The molecule has 16 heavy (non-hydrogen) atoms. The highest BCUT2D eigenvalue weighted by molar-refractivity contribution is 5.81. The van der Waals surface area contributed by atoms with Crippen molar-refractivity contribution in [3.63, 3.8) is 0 Å². The molecule has 0 radical (unpaired) electrons. The fourth-order valence-electron chi connectivity index (χ4n) is 1.93.